The van der Waals surface area contributed by atoms with Crippen LogP contribution in [0, 0.1) is 0 Å². The van der Waals surface area contributed by atoms with E-state index in [4.69, 9.17) is 21.1 Å². The van der Waals surface area contributed by atoms with E-state index in [9.17, 15) is 24.6 Å². The van der Waals surface area contributed by atoms with E-state index in [1.807, 2.05) is 0 Å². The van der Waals surface area contributed by atoms with Gasteiger partial charge in [0.2, 0.25) is 0 Å². The van der Waals surface area contributed by atoms with Crippen molar-refractivity contribution < 1.29 is 75.2 Å². The molecule has 344 valence electrons. The number of hydrogen-bond donors (Lipinski definition) is 5. The Kier molecular flexibility index (Phi) is 42.3. The maximum absolute atomic E-state index is 11.6. The number of nitrogens with two attached hydrogens (primary N) is 1. The summed E-state index contributed by atoms with van der Waals surface area (Å²) in [5, 5.41) is 49.9. The fraction of sp³-hybridized carbons (Fsp3) is 0.700. The first-order valence-corrected chi connectivity index (χ1v) is 23.8. The van der Waals surface area contributed by atoms with Crippen LogP contribution in [-0.4, -0.2) is 45.8 Å². The topological polar surface area (TPSA) is 212 Å². The van der Waals surface area contributed by atoms with Crippen LogP contribution in [0.1, 0.15) is 232 Å². The summed E-state index contributed by atoms with van der Waals surface area (Å²) in [5.74, 6) is -3.87. The van der Waals surface area contributed by atoms with E-state index in [1.54, 1.807) is 24.3 Å². The first-order chi connectivity index (χ1) is 29.0. The number of benzene rings is 2. The SMILES string of the molecule is CCCCCCCCCCCCCCCc1cccc([O-])c1C(=O)O.CCCCCCCCCCCCCCCc1cccc([O-])c1C(=O)O.NC(CCCC[NH3+])C(=O)O.[Na+]. The summed E-state index contributed by atoms with van der Waals surface area (Å²) >= 11 is 0. The zero-order valence-electron chi connectivity index (χ0n) is 38.8. The summed E-state index contributed by atoms with van der Waals surface area (Å²) in [6.07, 6.45) is 37.4. The molecule has 10 nitrogen and oxygen atoms in total. The van der Waals surface area contributed by atoms with Crippen molar-refractivity contribution in [3.63, 3.8) is 0 Å². The summed E-state index contributed by atoms with van der Waals surface area (Å²) in [7, 11) is 0. The van der Waals surface area contributed by atoms with Gasteiger partial charge in [-0.15, -0.1) is 0 Å². The molecule has 0 aliphatic heterocycles. The van der Waals surface area contributed by atoms with E-state index in [1.165, 1.54) is 153 Å². The van der Waals surface area contributed by atoms with Crippen LogP contribution in [0.5, 0.6) is 11.5 Å². The third-order valence-electron chi connectivity index (χ3n) is 11.1. The molecule has 0 heterocycles. The molecular weight excluding hydrogens is 780 g/mol. The van der Waals surface area contributed by atoms with Crippen molar-refractivity contribution in [2.75, 3.05) is 6.54 Å². The molecule has 0 radical (unpaired) electrons. The second-order valence-electron chi connectivity index (χ2n) is 16.5. The second-order valence-corrected chi connectivity index (χ2v) is 16.5. The molecule has 0 spiro atoms. The monoisotopic (exact) mass is 865 g/mol. The van der Waals surface area contributed by atoms with Crippen molar-refractivity contribution in [3.8, 4) is 11.5 Å². The quantitative estimate of drug-likeness (QED) is 0.0335. The van der Waals surface area contributed by atoms with Crippen molar-refractivity contribution >= 4 is 17.9 Å². The van der Waals surface area contributed by atoms with Crippen molar-refractivity contribution in [3.05, 3.63) is 58.7 Å². The molecule has 2 rings (SSSR count). The van der Waals surface area contributed by atoms with Crippen LogP contribution in [0.4, 0.5) is 0 Å². The molecule has 1 atom stereocenters. The Labute approximate surface area is 392 Å². The first kappa shape index (κ1) is 60.5. The third-order valence-corrected chi connectivity index (χ3v) is 11.1. The number of quaternary nitrogens is 1. The standard InChI is InChI=1S/2C22H36O3.C6H14N2O2.Na/c2*1-2-3-4-5-6-7-8-9-10-11-12-13-14-16-19-17-15-18-20(23)21(19)22(24)25;7-4-2-1-3-5(8)6(9)10;/h2*15,17-18,23H,2-14,16H2,1H3,(H,24,25);5H,1-4,7-8H2,(H,9,10);/q;;;+1/p-1. The number of aryl methyl sites for hydroxylation is 2. The summed E-state index contributed by atoms with van der Waals surface area (Å²) in [6, 6.07) is 8.83. The van der Waals surface area contributed by atoms with Gasteiger partial charge in [-0.25, -0.2) is 9.59 Å². The van der Waals surface area contributed by atoms with Gasteiger partial charge in [0.15, 0.2) is 0 Å². The molecule has 8 N–H and O–H groups in total. The molecule has 0 fully saturated rings. The molecule has 0 aliphatic rings. The van der Waals surface area contributed by atoms with E-state index in [-0.39, 0.29) is 52.2 Å². The summed E-state index contributed by atoms with van der Waals surface area (Å²) < 4.78 is 0. The minimum Gasteiger partial charge on any atom is -0.872 e. The summed E-state index contributed by atoms with van der Waals surface area (Å²) in [5.41, 5.74) is 10.2. The summed E-state index contributed by atoms with van der Waals surface area (Å²) in [4.78, 5) is 32.5. The molecule has 0 bridgehead atoms. The van der Waals surface area contributed by atoms with Crippen LogP contribution in [0.2, 0.25) is 0 Å². The largest absolute Gasteiger partial charge is 1.00 e. The van der Waals surface area contributed by atoms with Crippen molar-refractivity contribution in [2.24, 2.45) is 5.73 Å². The second kappa shape index (κ2) is 42.7. The predicted molar refractivity (Wildman–Crippen MR) is 242 cm³/mol. The molecule has 2 aromatic carbocycles. The number of aromatic carboxylic acids is 2. The van der Waals surface area contributed by atoms with E-state index < -0.39 is 23.9 Å². The van der Waals surface area contributed by atoms with Gasteiger partial charge in [0.25, 0.3) is 0 Å². The van der Waals surface area contributed by atoms with Gasteiger partial charge in [0.1, 0.15) is 6.04 Å². The van der Waals surface area contributed by atoms with Gasteiger partial charge in [0, 0.05) is 0 Å². The van der Waals surface area contributed by atoms with Crippen LogP contribution < -0.4 is 51.2 Å². The smallest absolute Gasteiger partial charge is 0.872 e. The van der Waals surface area contributed by atoms with Crippen LogP contribution >= 0.6 is 0 Å². The van der Waals surface area contributed by atoms with Crippen LogP contribution in [0.25, 0.3) is 0 Å². The van der Waals surface area contributed by atoms with Crippen LogP contribution in [-0.2, 0) is 17.6 Å². The fourth-order valence-electron chi connectivity index (χ4n) is 7.39. The fourth-order valence-corrected chi connectivity index (χ4v) is 7.39. The average Bonchev–Trinajstić information content (AvgIpc) is 3.21. The molecule has 0 saturated heterocycles. The molecular formula is C50H85N2NaO8. The van der Waals surface area contributed by atoms with Gasteiger partial charge < -0.3 is 37.0 Å². The number of hydrogen-bond acceptors (Lipinski definition) is 6. The maximum atomic E-state index is 11.6. The van der Waals surface area contributed by atoms with Crippen molar-refractivity contribution in [1.29, 1.82) is 0 Å². The van der Waals surface area contributed by atoms with Gasteiger partial charge in [-0.2, -0.15) is 0 Å². The molecule has 0 saturated carbocycles. The maximum Gasteiger partial charge on any atom is 1.00 e. The molecule has 61 heavy (non-hydrogen) atoms. The molecule has 2 aromatic rings. The Morgan fingerprint density at radius 3 is 1.07 bits per heavy atom. The van der Waals surface area contributed by atoms with Gasteiger partial charge in [0.05, 0.1) is 17.7 Å². The third kappa shape index (κ3) is 33.6. The summed E-state index contributed by atoms with van der Waals surface area (Å²) in [6.45, 7) is 5.37. The number of carboxylic acid groups (broad SMARTS) is 3. The van der Waals surface area contributed by atoms with Gasteiger partial charge >= 0.3 is 47.5 Å². The molecule has 0 aliphatic carbocycles. The number of rotatable bonds is 35. The van der Waals surface area contributed by atoms with E-state index in [0.29, 0.717) is 30.4 Å². The zero-order chi connectivity index (χ0) is 44.6. The Morgan fingerprint density at radius 1 is 0.508 bits per heavy atom. The number of carboxylic acids is 3. The Morgan fingerprint density at radius 2 is 0.803 bits per heavy atom. The number of unbranched alkanes of at least 4 members (excludes halogenated alkanes) is 25. The predicted octanol–water partition coefficient (Wildman–Crippen LogP) is 8.00. The minimum absolute atomic E-state index is 0. The molecule has 0 amide bonds. The van der Waals surface area contributed by atoms with E-state index in [2.05, 4.69) is 19.6 Å². The average molecular weight is 865 g/mol. The number of carbonyl (C=O) groups is 3. The van der Waals surface area contributed by atoms with E-state index in [0.717, 1.165) is 45.1 Å². The van der Waals surface area contributed by atoms with Gasteiger partial charge in [-0.05, 0) is 56.1 Å². The Bertz CT molecular complexity index is 1290. The number of aliphatic carboxylic acids is 1. The Balaban J connectivity index is 0. The van der Waals surface area contributed by atoms with Crippen molar-refractivity contribution in [2.45, 2.75) is 219 Å². The Hall–Kier alpha value is -2.63. The first-order valence-electron chi connectivity index (χ1n) is 23.8. The minimum atomic E-state index is -1.10. The normalized spacial score (nSPS) is 11.1. The van der Waals surface area contributed by atoms with Gasteiger partial charge in [-0.1, -0.05) is 216 Å². The molecule has 0 aromatic heterocycles. The molecule has 1 unspecified atom stereocenters. The zero-order valence-corrected chi connectivity index (χ0v) is 40.8. The van der Waals surface area contributed by atoms with E-state index >= 15 is 0 Å². The van der Waals surface area contributed by atoms with Crippen LogP contribution in [0.3, 0.4) is 0 Å². The molecule has 11 heteroatoms. The van der Waals surface area contributed by atoms with Gasteiger partial charge in [-0.3, -0.25) is 4.79 Å². The van der Waals surface area contributed by atoms with Crippen molar-refractivity contribution in [1.82, 2.24) is 0 Å². The van der Waals surface area contributed by atoms with Crippen LogP contribution in [0.15, 0.2) is 36.4 Å².